The van der Waals surface area contributed by atoms with Crippen LogP contribution < -0.4 is 10.2 Å². The van der Waals surface area contributed by atoms with Crippen LogP contribution in [0.2, 0.25) is 0 Å². The molecule has 0 aromatic carbocycles. The Morgan fingerprint density at radius 3 is 1.20 bits per heavy atom. The van der Waals surface area contributed by atoms with Gasteiger partial charge in [-0.3, -0.25) is 9.36 Å². The van der Waals surface area contributed by atoms with E-state index < -0.39 is 20.0 Å². The smallest absolute Gasteiger partial charge is 0.268 e. The first-order chi connectivity index (χ1) is 33.5. The SMILES string of the molecule is CCCCCCCCCCCCCCC/C=C\C/C=C\CCCCCCCCCCCCCCCCCCCC(=O)NC(COP(=O)([O-])OCC[N+](C)(C)C)C(O)CCCCCCCCCCCC. The quantitative estimate of drug-likeness (QED) is 0.0272. The third-order valence-electron chi connectivity index (χ3n) is 13.9. The second-order valence-electron chi connectivity index (χ2n) is 22.1. The summed E-state index contributed by atoms with van der Waals surface area (Å²) in [5, 5.41) is 13.9. The zero-order chi connectivity index (χ0) is 50.6. The first-order valence-electron chi connectivity index (χ1n) is 30.2. The van der Waals surface area contributed by atoms with Crippen LogP contribution in [0, 0.1) is 0 Å². The van der Waals surface area contributed by atoms with Crippen LogP contribution in [0.25, 0.3) is 0 Å². The van der Waals surface area contributed by atoms with Gasteiger partial charge in [-0.2, -0.15) is 0 Å². The fourth-order valence-corrected chi connectivity index (χ4v) is 9.91. The van der Waals surface area contributed by atoms with Gasteiger partial charge in [-0.15, -0.1) is 0 Å². The number of allylic oxidation sites excluding steroid dienone is 4. The minimum atomic E-state index is -4.56. The lowest BCUT2D eigenvalue weighted by Gasteiger charge is -2.30. The highest BCUT2D eigenvalue weighted by Gasteiger charge is 2.24. The van der Waals surface area contributed by atoms with Crippen LogP contribution in [0.1, 0.15) is 303 Å². The van der Waals surface area contributed by atoms with E-state index in [1.807, 2.05) is 21.1 Å². The van der Waals surface area contributed by atoms with Crippen molar-refractivity contribution in [2.75, 3.05) is 40.9 Å². The first-order valence-corrected chi connectivity index (χ1v) is 31.6. The molecule has 8 nitrogen and oxygen atoms in total. The van der Waals surface area contributed by atoms with E-state index >= 15 is 0 Å². The second-order valence-corrected chi connectivity index (χ2v) is 23.5. The highest BCUT2D eigenvalue weighted by atomic mass is 31.2. The van der Waals surface area contributed by atoms with Crippen LogP contribution in [0.5, 0.6) is 0 Å². The largest absolute Gasteiger partial charge is 0.756 e. The summed E-state index contributed by atoms with van der Waals surface area (Å²) in [7, 11) is 1.31. The summed E-state index contributed by atoms with van der Waals surface area (Å²) >= 11 is 0. The molecule has 0 aliphatic carbocycles. The fourth-order valence-electron chi connectivity index (χ4n) is 9.19. The lowest BCUT2D eigenvalue weighted by Crippen LogP contribution is -2.46. The zero-order valence-electron chi connectivity index (χ0n) is 46.8. The van der Waals surface area contributed by atoms with Crippen LogP contribution in [0.3, 0.4) is 0 Å². The summed E-state index contributed by atoms with van der Waals surface area (Å²) in [6.07, 6.45) is 65.4. The van der Waals surface area contributed by atoms with Gasteiger partial charge >= 0.3 is 0 Å². The molecule has 410 valence electrons. The van der Waals surface area contributed by atoms with E-state index in [1.165, 1.54) is 231 Å². The van der Waals surface area contributed by atoms with Crippen LogP contribution in [0.4, 0.5) is 0 Å². The molecule has 0 saturated heterocycles. The molecule has 0 bridgehead atoms. The van der Waals surface area contributed by atoms with Crippen molar-refractivity contribution in [3.63, 3.8) is 0 Å². The van der Waals surface area contributed by atoms with Gasteiger partial charge in [0.15, 0.2) is 0 Å². The predicted octanol–water partition coefficient (Wildman–Crippen LogP) is 17.7. The number of nitrogens with zero attached hydrogens (tertiary/aromatic N) is 1. The molecule has 0 aliphatic heterocycles. The number of carbonyl (C=O) groups excluding carboxylic acids is 1. The molecule has 0 rings (SSSR count). The van der Waals surface area contributed by atoms with Gasteiger partial charge < -0.3 is 28.8 Å². The number of amides is 1. The average molecular weight is 996 g/mol. The summed E-state index contributed by atoms with van der Waals surface area (Å²) in [5.41, 5.74) is 0. The molecule has 1 amide bonds. The normalized spacial score (nSPS) is 14.0. The Kier molecular flexibility index (Phi) is 51.1. The molecular weight excluding hydrogens is 876 g/mol. The fraction of sp³-hybridized carbons (Fsp3) is 0.917. The van der Waals surface area contributed by atoms with Crippen molar-refractivity contribution in [1.29, 1.82) is 0 Å². The highest BCUT2D eigenvalue weighted by molar-refractivity contribution is 7.45. The minimum absolute atomic E-state index is 0.0139. The molecule has 0 spiro atoms. The molecule has 3 unspecified atom stereocenters. The average Bonchev–Trinajstić information content (AvgIpc) is 3.31. The van der Waals surface area contributed by atoms with E-state index in [-0.39, 0.29) is 19.1 Å². The maximum absolute atomic E-state index is 12.9. The Bertz CT molecular complexity index is 1170. The molecule has 9 heteroatoms. The Morgan fingerprint density at radius 2 is 0.841 bits per heavy atom. The third-order valence-corrected chi connectivity index (χ3v) is 14.9. The van der Waals surface area contributed by atoms with Crippen LogP contribution >= 0.6 is 7.82 Å². The zero-order valence-corrected chi connectivity index (χ0v) is 47.7. The lowest BCUT2D eigenvalue weighted by molar-refractivity contribution is -0.870. The number of hydrogen-bond acceptors (Lipinski definition) is 6. The molecule has 0 aromatic heterocycles. The maximum Gasteiger partial charge on any atom is 0.268 e. The molecule has 0 fully saturated rings. The van der Waals surface area contributed by atoms with Gasteiger partial charge in [0.25, 0.3) is 7.82 Å². The van der Waals surface area contributed by atoms with Gasteiger partial charge in [0, 0.05) is 6.42 Å². The van der Waals surface area contributed by atoms with Crippen molar-refractivity contribution in [3.8, 4) is 0 Å². The van der Waals surface area contributed by atoms with Crippen LogP contribution in [0.15, 0.2) is 24.3 Å². The predicted molar refractivity (Wildman–Crippen MR) is 298 cm³/mol. The van der Waals surface area contributed by atoms with Crippen molar-refractivity contribution in [2.24, 2.45) is 0 Å². The molecule has 69 heavy (non-hydrogen) atoms. The summed E-state index contributed by atoms with van der Waals surface area (Å²) < 4.78 is 23.3. The number of hydrogen-bond donors (Lipinski definition) is 2. The van der Waals surface area contributed by atoms with Gasteiger partial charge in [-0.25, -0.2) is 0 Å². The number of phosphoric ester groups is 1. The Morgan fingerprint density at radius 1 is 0.507 bits per heavy atom. The molecule has 0 aromatic rings. The molecule has 0 saturated carbocycles. The van der Waals surface area contributed by atoms with E-state index in [4.69, 9.17) is 9.05 Å². The molecule has 2 N–H and O–H groups in total. The number of carbonyl (C=O) groups is 1. The second kappa shape index (κ2) is 51.9. The monoisotopic (exact) mass is 995 g/mol. The number of phosphoric acid groups is 1. The van der Waals surface area contributed by atoms with E-state index in [2.05, 4.69) is 43.5 Å². The Labute approximate surface area is 430 Å². The topological polar surface area (TPSA) is 108 Å². The minimum Gasteiger partial charge on any atom is -0.756 e. The first kappa shape index (κ1) is 68.0. The van der Waals surface area contributed by atoms with Crippen molar-refractivity contribution in [1.82, 2.24) is 5.32 Å². The molecule has 3 atom stereocenters. The van der Waals surface area contributed by atoms with Gasteiger partial charge in [0.1, 0.15) is 13.2 Å². The van der Waals surface area contributed by atoms with Crippen molar-refractivity contribution < 1.29 is 32.9 Å². The van der Waals surface area contributed by atoms with Gasteiger partial charge in [-0.05, 0) is 44.9 Å². The molecule has 0 aliphatic rings. The summed E-state index contributed by atoms with van der Waals surface area (Å²) in [6.45, 7) is 4.73. The van der Waals surface area contributed by atoms with E-state index in [9.17, 15) is 19.4 Å². The number of aliphatic hydroxyl groups is 1. The van der Waals surface area contributed by atoms with Gasteiger partial charge in [-0.1, -0.05) is 276 Å². The number of quaternary nitrogens is 1. The summed E-state index contributed by atoms with van der Waals surface area (Å²) in [5.74, 6) is -0.162. The molecule has 0 heterocycles. The number of aliphatic hydroxyl groups excluding tert-OH is 1. The molecule has 0 radical (unpaired) electrons. The number of unbranched alkanes of at least 4 members (excludes halogenated alkanes) is 39. The Balaban J connectivity index is 3.85. The number of nitrogens with one attached hydrogen (secondary N) is 1. The summed E-state index contributed by atoms with van der Waals surface area (Å²) in [4.78, 5) is 25.4. The van der Waals surface area contributed by atoms with E-state index in [1.54, 1.807) is 0 Å². The van der Waals surface area contributed by atoms with Crippen LogP contribution in [-0.4, -0.2) is 68.5 Å². The van der Waals surface area contributed by atoms with Gasteiger partial charge in [0.05, 0.1) is 39.9 Å². The Hall–Kier alpha value is -1.02. The summed E-state index contributed by atoms with van der Waals surface area (Å²) in [6, 6.07) is -0.797. The van der Waals surface area contributed by atoms with Crippen molar-refractivity contribution in [3.05, 3.63) is 24.3 Å². The standard InChI is InChI=1S/C60H119N2O6P/c1-6-8-10-12-14-16-18-19-20-21-22-23-24-25-26-27-28-29-30-31-32-33-34-35-36-37-38-39-40-41-42-43-44-46-48-50-52-54-60(64)61-58(57-68-69(65,66)67-56-55-62(3,4)5)59(63)53-51-49-47-45-17-15-13-11-9-7-2/h26-27,29-30,58-59,63H,6-25,28,31-57H2,1-5H3,(H-,61,64,65,66)/b27-26-,30-29-. The highest BCUT2D eigenvalue weighted by Crippen LogP contribution is 2.38. The molecular formula is C60H119N2O6P. The number of likely N-dealkylation sites (N-methyl/N-ethyl adjacent to an activating group) is 1. The maximum atomic E-state index is 12.9. The van der Waals surface area contributed by atoms with Crippen molar-refractivity contribution in [2.45, 2.75) is 315 Å². The lowest BCUT2D eigenvalue weighted by atomic mass is 10.0. The third kappa shape index (κ3) is 54.6. The van der Waals surface area contributed by atoms with Gasteiger partial charge in [0.2, 0.25) is 5.91 Å². The van der Waals surface area contributed by atoms with E-state index in [0.717, 1.165) is 44.9 Å². The number of rotatable bonds is 56. The van der Waals surface area contributed by atoms with Crippen molar-refractivity contribution >= 4 is 13.7 Å². The van der Waals surface area contributed by atoms with E-state index in [0.29, 0.717) is 23.9 Å². The van der Waals surface area contributed by atoms with Crippen LogP contribution in [-0.2, 0) is 18.4 Å².